The number of nitrogens with one attached hydrogen (secondary N) is 3. The molecule has 180 valence electrons. The van der Waals surface area contributed by atoms with Crippen LogP contribution < -0.4 is 16.0 Å². The highest BCUT2D eigenvalue weighted by molar-refractivity contribution is 5.91. The Bertz CT molecular complexity index is 964. The van der Waals surface area contributed by atoms with Gasteiger partial charge >= 0.3 is 6.09 Å². The predicted octanol–water partition coefficient (Wildman–Crippen LogP) is 1.41. The van der Waals surface area contributed by atoms with Gasteiger partial charge in [-0.3, -0.25) is 9.59 Å². The van der Waals surface area contributed by atoms with Crippen molar-refractivity contribution in [1.82, 2.24) is 30.8 Å². The molecule has 0 saturated carbocycles. The van der Waals surface area contributed by atoms with E-state index in [1.165, 1.54) is 4.80 Å². The summed E-state index contributed by atoms with van der Waals surface area (Å²) >= 11 is 0. The first kappa shape index (κ1) is 25.7. The summed E-state index contributed by atoms with van der Waals surface area (Å²) in [4.78, 5) is 37.0. The maximum absolute atomic E-state index is 12.2. The first-order chi connectivity index (χ1) is 15.4. The molecule has 0 atom stereocenters. The summed E-state index contributed by atoms with van der Waals surface area (Å²) in [5.74, 6) is -0.877. The van der Waals surface area contributed by atoms with Gasteiger partial charge in [0.25, 0.3) is 11.7 Å². The molecule has 0 fully saturated rings. The number of anilines is 1. The number of rotatable bonds is 9. The lowest BCUT2D eigenvalue weighted by atomic mass is 10.1. The van der Waals surface area contributed by atoms with Crippen LogP contribution in [-0.4, -0.2) is 67.5 Å². The lowest BCUT2D eigenvalue weighted by molar-refractivity contribution is -0.116. The first-order valence-corrected chi connectivity index (χ1v) is 10.5. The minimum absolute atomic E-state index is 0.131. The van der Waals surface area contributed by atoms with Crippen LogP contribution in [0.25, 0.3) is 5.69 Å². The Balaban J connectivity index is 1.82. The highest BCUT2D eigenvalue weighted by atomic mass is 16.6. The number of aliphatic hydroxyl groups excluding tert-OH is 1. The van der Waals surface area contributed by atoms with Gasteiger partial charge in [0.1, 0.15) is 5.60 Å². The van der Waals surface area contributed by atoms with Crippen LogP contribution in [0.4, 0.5) is 10.5 Å². The van der Waals surface area contributed by atoms with Gasteiger partial charge in [0.05, 0.1) is 17.8 Å². The van der Waals surface area contributed by atoms with Gasteiger partial charge < -0.3 is 25.8 Å². The van der Waals surface area contributed by atoms with Crippen LogP contribution in [0, 0.1) is 0 Å². The van der Waals surface area contributed by atoms with Gasteiger partial charge in [-0.2, -0.15) is 0 Å². The van der Waals surface area contributed by atoms with E-state index in [1.54, 1.807) is 58.9 Å². The summed E-state index contributed by atoms with van der Waals surface area (Å²) < 4.78 is 5.13. The number of alkyl carbamates (subject to hydrolysis) is 1. The maximum atomic E-state index is 12.2. The average molecular weight is 462 g/mol. The molecule has 0 spiro atoms. The summed E-state index contributed by atoms with van der Waals surface area (Å²) in [5, 5.41) is 28.9. The number of carbonyl (C=O) groups excluding carboxylic acids is 3. The van der Waals surface area contributed by atoms with Gasteiger partial charge in [-0.05, 0) is 70.5 Å². The van der Waals surface area contributed by atoms with Crippen molar-refractivity contribution in [2.24, 2.45) is 0 Å². The Kier molecular flexibility index (Phi) is 8.46. The number of tetrazole rings is 1. The fraction of sp³-hybridized carbons (Fsp3) is 0.524. The third kappa shape index (κ3) is 8.85. The SMILES string of the molecule is CC(C)(CO)NC(=O)c1nnn(-c2ccc(NC(=O)CCCNC(=O)OC(C)(C)C)cc2)n1. The molecular weight excluding hydrogens is 430 g/mol. The number of hydrogen-bond donors (Lipinski definition) is 4. The van der Waals surface area contributed by atoms with Crippen LogP contribution in [0.3, 0.4) is 0 Å². The van der Waals surface area contributed by atoms with Crippen molar-refractivity contribution in [2.45, 2.75) is 58.6 Å². The summed E-state index contributed by atoms with van der Waals surface area (Å²) in [5.41, 5.74) is -0.261. The molecule has 33 heavy (non-hydrogen) atoms. The normalized spacial score (nSPS) is 11.6. The zero-order valence-electron chi connectivity index (χ0n) is 19.5. The number of nitrogens with zero attached hydrogens (tertiary/aromatic N) is 4. The molecule has 12 nitrogen and oxygen atoms in total. The largest absolute Gasteiger partial charge is 0.444 e. The van der Waals surface area contributed by atoms with E-state index >= 15 is 0 Å². The van der Waals surface area contributed by atoms with E-state index < -0.39 is 23.1 Å². The summed E-state index contributed by atoms with van der Waals surface area (Å²) in [7, 11) is 0. The van der Waals surface area contributed by atoms with Crippen molar-refractivity contribution in [3.8, 4) is 5.69 Å². The molecule has 0 aliphatic heterocycles. The zero-order valence-corrected chi connectivity index (χ0v) is 19.5. The summed E-state index contributed by atoms with van der Waals surface area (Å²) in [6, 6.07) is 6.68. The minimum Gasteiger partial charge on any atom is -0.444 e. The Morgan fingerprint density at radius 1 is 1.09 bits per heavy atom. The van der Waals surface area contributed by atoms with E-state index in [-0.39, 0.29) is 24.8 Å². The fourth-order valence-corrected chi connectivity index (χ4v) is 2.47. The van der Waals surface area contributed by atoms with E-state index in [2.05, 4.69) is 31.4 Å². The monoisotopic (exact) mass is 461 g/mol. The lowest BCUT2D eigenvalue weighted by Crippen LogP contribution is -2.46. The quantitative estimate of drug-likeness (QED) is 0.408. The van der Waals surface area contributed by atoms with Crippen LogP contribution in [-0.2, 0) is 9.53 Å². The number of ether oxygens (including phenoxy) is 1. The molecule has 2 rings (SSSR count). The Morgan fingerprint density at radius 2 is 1.76 bits per heavy atom. The van der Waals surface area contributed by atoms with Crippen LogP contribution in [0.5, 0.6) is 0 Å². The number of aliphatic hydroxyl groups is 1. The van der Waals surface area contributed by atoms with E-state index in [0.717, 1.165) is 0 Å². The van der Waals surface area contributed by atoms with Crippen molar-refractivity contribution in [3.05, 3.63) is 30.1 Å². The summed E-state index contributed by atoms with van der Waals surface area (Å²) in [6.07, 6.45) is 0.174. The molecule has 0 unspecified atom stereocenters. The molecule has 1 heterocycles. The molecule has 0 saturated heterocycles. The molecule has 3 amide bonds. The van der Waals surface area contributed by atoms with Crippen molar-refractivity contribution in [2.75, 3.05) is 18.5 Å². The second-order valence-corrected chi connectivity index (χ2v) is 9.03. The molecule has 0 radical (unpaired) electrons. The molecule has 4 N–H and O–H groups in total. The zero-order chi connectivity index (χ0) is 24.6. The lowest BCUT2D eigenvalue weighted by Gasteiger charge is -2.22. The topological polar surface area (TPSA) is 160 Å². The predicted molar refractivity (Wildman–Crippen MR) is 120 cm³/mol. The van der Waals surface area contributed by atoms with Gasteiger partial charge in [-0.15, -0.1) is 15.0 Å². The highest BCUT2D eigenvalue weighted by Gasteiger charge is 2.23. The first-order valence-electron chi connectivity index (χ1n) is 10.5. The Hall–Kier alpha value is -3.54. The van der Waals surface area contributed by atoms with Crippen LogP contribution >= 0.6 is 0 Å². The molecule has 1 aromatic carbocycles. The van der Waals surface area contributed by atoms with E-state index in [1.807, 2.05) is 0 Å². The number of hydrogen-bond acceptors (Lipinski definition) is 8. The van der Waals surface area contributed by atoms with Gasteiger partial charge in [0.15, 0.2) is 0 Å². The van der Waals surface area contributed by atoms with Gasteiger partial charge in [-0.1, -0.05) is 0 Å². The number of aromatic nitrogens is 4. The Morgan fingerprint density at radius 3 is 2.36 bits per heavy atom. The number of benzene rings is 1. The van der Waals surface area contributed by atoms with Crippen LogP contribution in [0.1, 0.15) is 58.1 Å². The molecule has 0 aliphatic carbocycles. The van der Waals surface area contributed by atoms with Crippen molar-refractivity contribution < 1.29 is 24.2 Å². The maximum Gasteiger partial charge on any atom is 0.407 e. The number of amides is 3. The van der Waals surface area contributed by atoms with E-state index in [0.29, 0.717) is 24.3 Å². The molecule has 1 aromatic heterocycles. The molecular formula is C21H31N7O5. The third-order valence-corrected chi connectivity index (χ3v) is 4.09. The van der Waals surface area contributed by atoms with E-state index in [4.69, 9.17) is 4.74 Å². The van der Waals surface area contributed by atoms with Gasteiger partial charge in [0, 0.05) is 18.7 Å². The van der Waals surface area contributed by atoms with E-state index in [9.17, 15) is 19.5 Å². The van der Waals surface area contributed by atoms with Crippen molar-refractivity contribution in [1.29, 1.82) is 0 Å². The van der Waals surface area contributed by atoms with Gasteiger partial charge in [-0.25, -0.2) is 4.79 Å². The smallest absolute Gasteiger partial charge is 0.407 e. The number of carbonyl (C=O) groups is 3. The standard InChI is InChI=1S/C21H31N7O5/c1-20(2,3)33-19(32)22-12-6-7-16(30)23-14-8-10-15(11-9-14)28-26-17(25-27-28)18(31)24-21(4,5)13-29/h8-11,29H,6-7,12-13H2,1-5H3,(H,22,32)(H,23,30)(H,24,31). The minimum atomic E-state index is -0.811. The molecule has 0 bridgehead atoms. The summed E-state index contributed by atoms with van der Waals surface area (Å²) in [6.45, 7) is 8.75. The molecule has 2 aromatic rings. The second-order valence-electron chi connectivity index (χ2n) is 9.03. The molecule has 0 aliphatic rings. The van der Waals surface area contributed by atoms with Crippen molar-refractivity contribution in [3.63, 3.8) is 0 Å². The average Bonchev–Trinajstić information content (AvgIpc) is 3.21. The fourth-order valence-electron chi connectivity index (χ4n) is 2.47. The third-order valence-electron chi connectivity index (χ3n) is 4.09. The highest BCUT2D eigenvalue weighted by Crippen LogP contribution is 2.13. The molecule has 12 heteroatoms. The second kappa shape index (κ2) is 10.9. The van der Waals surface area contributed by atoms with Crippen LogP contribution in [0.2, 0.25) is 0 Å². The van der Waals surface area contributed by atoms with Crippen molar-refractivity contribution >= 4 is 23.6 Å². The van der Waals surface area contributed by atoms with Crippen LogP contribution in [0.15, 0.2) is 24.3 Å². The Labute approximate surface area is 192 Å². The van der Waals surface area contributed by atoms with Gasteiger partial charge in [0.2, 0.25) is 5.91 Å².